The highest BCUT2D eigenvalue weighted by Crippen LogP contribution is 2.32. The van der Waals surface area contributed by atoms with E-state index in [0.717, 1.165) is 19.3 Å². The number of rotatable bonds is 2. The zero-order valence-corrected chi connectivity index (χ0v) is 15.2. The number of halogens is 1. The zero-order chi connectivity index (χ0) is 17.6. The van der Waals surface area contributed by atoms with Gasteiger partial charge < -0.3 is 9.47 Å². The first kappa shape index (κ1) is 16.6. The largest absolute Gasteiger partial charge is 0.337 e. The molecule has 0 saturated carbocycles. The lowest BCUT2D eigenvalue weighted by atomic mass is 10.1. The van der Waals surface area contributed by atoms with Crippen LogP contribution in [-0.2, 0) is 16.4 Å². The molecule has 1 aromatic heterocycles. The van der Waals surface area contributed by atoms with Crippen LogP contribution in [0.2, 0.25) is 5.02 Å². The summed E-state index contributed by atoms with van der Waals surface area (Å²) in [5, 5.41) is 0.574. The first-order valence-electron chi connectivity index (χ1n) is 8.36. The number of hydrogen-bond acceptors (Lipinski definition) is 4. The number of carbonyl (C=O) groups excluding carboxylic acids is 1. The number of aromatic nitrogens is 2. The van der Waals surface area contributed by atoms with Crippen molar-refractivity contribution >= 4 is 27.3 Å². The molecule has 2 aromatic rings. The van der Waals surface area contributed by atoms with Gasteiger partial charge in [-0.15, -0.1) is 0 Å². The number of likely N-dealkylation sites (tertiary alicyclic amines) is 1. The van der Waals surface area contributed by atoms with Crippen molar-refractivity contribution in [2.24, 2.45) is 0 Å². The Morgan fingerprint density at radius 2 is 1.72 bits per heavy atom. The summed E-state index contributed by atoms with van der Waals surface area (Å²) in [6.45, 7) is 1.67. The summed E-state index contributed by atoms with van der Waals surface area (Å²) in [6, 6.07) is 6.95. The van der Waals surface area contributed by atoms with Gasteiger partial charge in [0, 0.05) is 30.2 Å². The van der Waals surface area contributed by atoms with Crippen molar-refractivity contribution in [2.45, 2.75) is 31.0 Å². The molecule has 25 heavy (non-hydrogen) atoms. The van der Waals surface area contributed by atoms with E-state index in [1.165, 1.54) is 0 Å². The molecule has 0 unspecified atom stereocenters. The van der Waals surface area contributed by atoms with Crippen LogP contribution in [0.5, 0.6) is 0 Å². The molecular formula is C17H18ClN3O3S. The normalized spacial score (nSPS) is 19.0. The number of sulfone groups is 1. The van der Waals surface area contributed by atoms with Crippen molar-refractivity contribution in [1.29, 1.82) is 0 Å². The summed E-state index contributed by atoms with van der Waals surface area (Å²) in [5.74, 6) is -0.142. The quantitative estimate of drug-likeness (QED) is 0.804. The van der Waals surface area contributed by atoms with Crippen LogP contribution >= 0.6 is 11.6 Å². The van der Waals surface area contributed by atoms with Gasteiger partial charge in [-0.05, 0) is 31.4 Å². The van der Waals surface area contributed by atoms with Gasteiger partial charge in [-0.25, -0.2) is 13.4 Å². The molecular weight excluding hydrogens is 362 g/mol. The molecule has 6 nitrogen and oxygen atoms in total. The number of nitrogens with zero attached hydrogens (tertiary/aromatic N) is 3. The zero-order valence-electron chi connectivity index (χ0n) is 13.6. The second kappa shape index (κ2) is 6.14. The van der Waals surface area contributed by atoms with Crippen LogP contribution in [0.1, 0.15) is 29.8 Å². The number of hydrogen-bond donors (Lipinski definition) is 0. The van der Waals surface area contributed by atoms with E-state index in [-0.39, 0.29) is 23.4 Å². The predicted molar refractivity (Wildman–Crippen MR) is 94.5 cm³/mol. The lowest BCUT2D eigenvalue weighted by Crippen LogP contribution is -2.37. The Morgan fingerprint density at radius 3 is 2.40 bits per heavy atom. The first-order valence-corrected chi connectivity index (χ1v) is 10.4. The van der Waals surface area contributed by atoms with Gasteiger partial charge in [0.15, 0.2) is 0 Å². The molecule has 4 rings (SSSR count). The lowest BCUT2D eigenvalue weighted by Gasteiger charge is -2.27. The number of fused-ring (bicyclic) bond motifs is 1. The Labute approximate surface area is 151 Å². The molecule has 0 N–H and O–H groups in total. The smallest absolute Gasteiger partial charge is 0.272 e. The Kier molecular flexibility index (Phi) is 4.08. The van der Waals surface area contributed by atoms with Crippen molar-refractivity contribution in [3.05, 3.63) is 35.0 Å². The van der Waals surface area contributed by atoms with Crippen LogP contribution in [-0.4, -0.2) is 47.6 Å². The van der Waals surface area contributed by atoms with Gasteiger partial charge in [0.25, 0.3) is 5.91 Å². The van der Waals surface area contributed by atoms with Gasteiger partial charge in [0.1, 0.15) is 11.4 Å². The average molecular weight is 380 g/mol. The maximum atomic E-state index is 13.1. The maximum absolute atomic E-state index is 13.1. The van der Waals surface area contributed by atoms with E-state index in [9.17, 15) is 13.2 Å². The molecule has 3 heterocycles. The molecule has 0 atom stereocenters. The second-order valence-electron chi connectivity index (χ2n) is 6.42. The van der Waals surface area contributed by atoms with Crippen LogP contribution in [0.3, 0.4) is 0 Å². The molecule has 1 saturated heterocycles. The lowest BCUT2D eigenvalue weighted by molar-refractivity contribution is 0.0713. The van der Waals surface area contributed by atoms with Crippen LogP contribution in [0.25, 0.3) is 11.3 Å². The van der Waals surface area contributed by atoms with Crippen LogP contribution in [0.15, 0.2) is 29.4 Å². The Bertz CT molecular complexity index is 929. The van der Waals surface area contributed by atoms with Crippen molar-refractivity contribution < 1.29 is 13.2 Å². The van der Waals surface area contributed by atoms with Gasteiger partial charge >= 0.3 is 0 Å². The van der Waals surface area contributed by atoms with E-state index in [2.05, 4.69) is 4.98 Å². The monoisotopic (exact) mass is 379 g/mol. The summed E-state index contributed by atoms with van der Waals surface area (Å²) in [5.41, 5.74) is 1.49. The number of carbonyl (C=O) groups is 1. The van der Waals surface area contributed by atoms with Crippen molar-refractivity contribution in [3.63, 3.8) is 0 Å². The molecule has 0 bridgehead atoms. The van der Waals surface area contributed by atoms with E-state index in [4.69, 9.17) is 11.6 Å². The summed E-state index contributed by atoms with van der Waals surface area (Å²) < 4.78 is 26.1. The molecule has 1 aromatic carbocycles. The van der Waals surface area contributed by atoms with Crippen LogP contribution in [0.4, 0.5) is 0 Å². The predicted octanol–water partition coefficient (Wildman–Crippen LogP) is 2.62. The summed E-state index contributed by atoms with van der Waals surface area (Å²) >= 11 is 5.95. The number of imidazole rings is 1. The Balaban J connectivity index is 1.86. The van der Waals surface area contributed by atoms with Gasteiger partial charge in [0.05, 0.1) is 5.75 Å². The van der Waals surface area contributed by atoms with E-state index in [1.807, 2.05) is 0 Å². The fourth-order valence-electron chi connectivity index (χ4n) is 3.45. The van der Waals surface area contributed by atoms with E-state index in [1.54, 1.807) is 33.7 Å². The Hall–Kier alpha value is -1.86. The highest BCUT2D eigenvalue weighted by molar-refractivity contribution is 7.91. The minimum Gasteiger partial charge on any atom is -0.337 e. The molecule has 0 spiro atoms. The molecule has 1 fully saturated rings. The molecule has 8 heteroatoms. The number of benzene rings is 1. The third-order valence-corrected chi connectivity index (χ3v) is 6.60. The standard InChI is InChI=1S/C17H18ClN3O3S/c18-13-6-4-12(5-7-13)14-15(16(22)20-8-2-1-3-9-20)21-10-11-25(23,24)17(21)19-14/h4-7H,1-3,8-11H2. The van der Waals surface area contributed by atoms with E-state index >= 15 is 0 Å². The van der Waals surface area contributed by atoms with E-state index < -0.39 is 9.84 Å². The van der Waals surface area contributed by atoms with Crippen molar-refractivity contribution in [1.82, 2.24) is 14.5 Å². The molecule has 0 aliphatic carbocycles. The third kappa shape index (κ3) is 2.85. The second-order valence-corrected chi connectivity index (χ2v) is 8.86. The fourth-order valence-corrected chi connectivity index (χ4v) is 4.93. The van der Waals surface area contributed by atoms with E-state index in [0.29, 0.717) is 35.1 Å². The third-order valence-electron chi connectivity index (χ3n) is 4.76. The Morgan fingerprint density at radius 1 is 1.04 bits per heavy atom. The molecule has 1 amide bonds. The van der Waals surface area contributed by atoms with Gasteiger partial charge in [-0.2, -0.15) is 0 Å². The molecule has 2 aliphatic rings. The fraction of sp³-hybridized carbons (Fsp3) is 0.412. The average Bonchev–Trinajstić information content (AvgIpc) is 3.14. The highest BCUT2D eigenvalue weighted by atomic mass is 35.5. The summed E-state index contributed by atoms with van der Waals surface area (Å²) in [7, 11) is -3.43. The van der Waals surface area contributed by atoms with Crippen LogP contribution < -0.4 is 0 Å². The van der Waals surface area contributed by atoms with Crippen LogP contribution in [0, 0.1) is 0 Å². The summed E-state index contributed by atoms with van der Waals surface area (Å²) in [4.78, 5) is 19.3. The van der Waals surface area contributed by atoms with Crippen molar-refractivity contribution in [2.75, 3.05) is 18.8 Å². The first-order chi connectivity index (χ1) is 12.0. The summed E-state index contributed by atoms with van der Waals surface area (Å²) in [6.07, 6.45) is 3.06. The van der Waals surface area contributed by atoms with Crippen molar-refractivity contribution in [3.8, 4) is 11.3 Å². The molecule has 132 valence electrons. The highest BCUT2D eigenvalue weighted by Gasteiger charge is 2.37. The van der Waals surface area contributed by atoms with Gasteiger partial charge in [0.2, 0.25) is 15.0 Å². The number of amides is 1. The SMILES string of the molecule is O=C(c1c(-c2ccc(Cl)cc2)nc2n1CCS2(=O)=O)N1CCCCC1. The minimum atomic E-state index is -3.43. The molecule has 2 aliphatic heterocycles. The number of piperidine rings is 1. The minimum absolute atomic E-state index is 0.00203. The topological polar surface area (TPSA) is 72.3 Å². The van der Waals surface area contributed by atoms with Gasteiger partial charge in [-0.1, -0.05) is 23.7 Å². The molecule has 0 radical (unpaired) electrons. The maximum Gasteiger partial charge on any atom is 0.272 e. The van der Waals surface area contributed by atoms with Gasteiger partial charge in [-0.3, -0.25) is 4.79 Å².